The van der Waals surface area contributed by atoms with Crippen LogP contribution >= 0.6 is 15.9 Å². The molecule has 0 atom stereocenters. The Morgan fingerprint density at radius 1 is 1.47 bits per heavy atom. The van der Waals surface area contributed by atoms with Crippen LogP contribution in [0.25, 0.3) is 10.9 Å². The van der Waals surface area contributed by atoms with E-state index in [-0.39, 0.29) is 5.52 Å². The van der Waals surface area contributed by atoms with Gasteiger partial charge in [0.25, 0.3) is 10.0 Å². The first-order valence-electron chi connectivity index (χ1n) is 3.93. The van der Waals surface area contributed by atoms with Crippen molar-refractivity contribution in [1.82, 2.24) is 9.19 Å². The van der Waals surface area contributed by atoms with Crippen molar-refractivity contribution in [2.24, 2.45) is 0 Å². The lowest BCUT2D eigenvalue weighted by Crippen LogP contribution is -2.11. The highest BCUT2D eigenvalue weighted by molar-refractivity contribution is 9.10. The van der Waals surface area contributed by atoms with Gasteiger partial charge in [0.15, 0.2) is 0 Å². The SMILES string of the molecule is CS(=O)(=O)n1ncc2c(Br)cc(F)cc21. The van der Waals surface area contributed by atoms with Crippen LogP contribution < -0.4 is 0 Å². The van der Waals surface area contributed by atoms with Crippen molar-refractivity contribution in [3.8, 4) is 0 Å². The van der Waals surface area contributed by atoms with Crippen molar-refractivity contribution in [2.75, 3.05) is 6.26 Å². The van der Waals surface area contributed by atoms with Gasteiger partial charge in [-0.05, 0) is 22.0 Å². The van der Waals surface area contributed by atoms with Crippen LogP contribution in [0.5, 0.6) is 0 Å². The zero-order chi connectivity index (χ0) is 11.2. The molecule has 7 heteroatoms. The third-order valence-electron chi connectivity index (χ3n) is 1.88. The van der Waals surface area contributed by atoms with E-state index in [1.165, 1.54) is 12.3 Å². The van der Waals surface area contributed by atoms with E-state index < -0.39 is 15.8 Å². The number of nitrogens with zero attached hydrogens (tertiary/aromatic N) is 2. The maximum Gasteiger partial charge on any atom is 0.251 e. The highest BCUT2D eigenvalue weighted by Crippen LogP contribution is 2.25. The van der Waals surface area contributed by atoms with Gasteiger partial charge in [-0.25, -0.2) is 12.8 Å². The molecule has 0 fully saturated rings. The van der Waals surface area contributed by atoms with E-state index in [0.717, 1.165) is 16.4 Å². The standard InChI is InChI=1S/C8H6BrFN2O2S/c1-15(13,14)12-8-3-5(10)2-7(9)6(8)4-11-12/h2-4H,1H3. The highest BCUT2D eigenvalue weighted by atomic mass is 79.9. The van der Waals surface area contributed by atoms with Gasteiger partial charge in [0, 0.05) is 15.9 Å². The minimum absolute atomic E-state index is 0.226. The van der Waals surface area contributed by atoms with E-state index >= 15 is 0 Å². The zero-order valence-corrected chi connectivity index (χ0v) is 10.0. The maximum absolute atomic E-state index is 13.1. The number of benzene rings is 1. The van der Waals surface area contributed by atoms with Crippen molar-refractivity contribution in [3.63, 3.8) is 0 Å². The molecule has 0 radical (unpaired) electrons. The minimum Gasteiger partial charge on any atom is -0.207 e. The lowest BCUT2D eigenvalue weighted by molar-refractivity contribution is 0.588. The van der Waals surface area contributed by atoms with E-state index in [2.05, 4.69) is 21.0 Å². The highest BCUT2D eigenvalue weighted by Gasteiger charge is 2.14. The second-order valence-corrected chi connectivity index (χ2v) is 5.74. The lowest BCUT2D eigenvalue weighted by Gasteiger charge is -2.00. The molecule has 4 nitrogen and oxygen atoms in total. The molecular formula is C8H6BrFN2O2S. The second kappa shape index (κ2) is 3.28. The number of fused-ring (bicyclic) bond motifs is 1. The summed E-state index contributed by atoms with van der Waals surface area (Å²) in [4.78, 5) is 0. The Bertz CT molecular complexity index is 635. The third-order valence-corrected chi connectivity index (χ3v) is 3.46. The average molecular weight is 293 g/mol. The number of rotatable bonds is 1. The van der Waals surface area contributed by atoms with Gasteiger partial charge in [0.2, 0.25) is 0 Å². The quantitative estimate of drug-likeness (QED) is 0.805. The zero-order valence-electron chi connectivity index (χ0n) is 7.61. The van der Waals surface area contributed by atoms with Crippen LogP contribution in [0.4, 0.5) is 4.39 Å². The number of hydrogen-bond acceptors (Lipinski definition) is 3. The topological polar surface area (TPSA) is 52.0 Å². The fraction of sp³-hybridized carbons (Fsp3) is 0.125. The van der Waals surface area contributed by atoms with E-state index in [1.807, 2.05) is 0 Å². The van der Waals surface area contributed by atoms with Gasteiger partial charge in [-0.2, -0.15) is 9.19 Å². The van der Waals surface area contributed by atoms with Gasteiger partial charge < -0.3 is 0 Å². The fourth-order valence-electron chi connectivity index (χ4n) is 1.29. The summed E-state index contributed by atoms with van der Waals surface area (Å²) in [5.41, 5.74) is 0.226. The van der Waals surface area contributed by atoms with Crippen LogP contribution in [0, 0.1) is 5.82 Å². The van der Waals surface area contributed by atoms with Crippen molar-refractivity contribution in [2.45, 2.75) is 0 Å². The molecule has 1 heterocycles. The first-order valence-corrected chi connectivity index (χ1v) is 6.57. The molecule has 0 aliphatic rings. The minimum atomic E-state index is -3.50. The molecule has 0 aliphatic carbocycles. The van der Waals surface area contributed by atoms with Crippen molar-refractivity contribution < 1.29 is 12.8 Å². The summed E-state index contributed by atoms with van der Waals surface area (Å²) in [6.45, 7) is 0. The molecule has 0 bridgehead atoms. The first-order chi connectivity index (χ1) is 6.89. The molecule has 0 N–H and O–H groups in total. The normalized spacial score (nSPS) is 12.2. The molecule has 0 spiro atoms. The maximum atomic E-state index is 13.1. The number of halogens is 2. The Morgan fingerprint density at radius 2 is 2.13 bits per heavy atom. The average Bonchev–Trinajstić information content (AvgIpc) is 2.45. The predicted octanol–water partition coefficient (Wildman–Crippen LogP) is 1.75. The van der Waals surface area contributed by atoms with Crippen LogP contribution in [0.2, 0.25) is 0 Å². The van der Waals surface area contributed by atoms with Crippen molar-refractivity contribution in [3.05, 3.63) is 28.6 Å². The predicted molar refractivity (Wildman–Crippen MR) is 57.6 cm³/mol. The molecule has 0 unspecified atom stereocenters. The second-order valence-electron chi connectivity index (χ2n) is 3.07. The van der Waals surface area contributed by atoms with Crippen LogP contribution in [0.15, 0.2) is 22.8 Å². The van der Waals surface area contributed by atoms with Gasteiger partial charge in [-0.1, -0.05) is 0 Å². The molecule has 0 aliphatic heterocycles. The van der Waals surface area contributed by atoms with Crippen molar-refractivity contribution >= 4 is 36.9 Å². The summed E-state index contributed by atoms with van der Waals surface area (Å²) in [5, 5.41) is 4.26. The Kier molecular flexibility index (Phi) is 2.31. The van der Waals surface area contributed by atoms with Gasteiger partial charge in [0.1, 0.15) is 5.82 Å². The largest absolute Gasteiger partial charge is 0.251 e. The Morgan fingerprint density at radius 3 is 2.73 bits per heavy atom. The van der Waals surface area contributed by atoms with Gasteiger partial charge in [0.05, 0.1) is 18.0 Å². The molecule has 0 saturated carbocycles. The summed E-state index contributed by atoms with van der Waals surface area (Å²) < 4.78 is 36.9. The lowest BCUT2D eigenvalue weighted by atomic mass is 10.2. The number of aromatic nitrogens is 2. The molecule has 1 aromatic heterocycles. The smallest absolute Gasteiger partial charge is 0.207 e. The van der Waals surface area contributed by atoms with Crippen LogP contribution in [-0.2, 0) is 10.0 Å². The Labute approximate surface area is 93.9 Å². The van der Waals surface area contributed by atoms with E-state index in [0.29, 0.717) is 9.86 Å². The number of hydrogen-bond donors (Lipinski definition) is 0. The summed E-state index contributed by atoms with van der Waals surface area (Å²) in [6, 6.07) is 2.39. The van der Waals surface area contributed by atoms with Crippen LogP contribution in [0.3, 0.4) is 0 Å². The van der Waals surface area contributed by atoms with Crippen LogP contribution in [0.1, 0.15) is 0 Å². The fourth-order valence-corrected chi connectivity index (χ4v) is 2.54. The Balaban J connectivity index is 2.92. The summed E-state index contributed by atoms with van der Waals surface area (Å²) >= 11 is 3.14. The van der Waals surface area contributed by atoms with Gasteiger partial charge in [-0.15, -0.1) is 0 Å². The monoisotopic (exact) mass is 292 g/mol. The molecule has 2 aromatic rings. The summed E-state index contributed by atoms with van der Waals surface area (Å²) in [7, 11) is -3.50. The Hall–Kier alpha value is -0.950. The molecule has 2 rings (SSSR count). The molecular weight excluding hydrogens is 287 g/mol. The third kappa shape index (κ3) is 1.76. The van der Waals surface area contributed by atoms with Gasteiger partial charge in [-0.3, -0.25) is 0 Å². The van der Waals surface area contributed by atoms with Gasteiger partial charge >= 0.3 is 0 Å². The molecule has 0 amide bonds. The molecule has 15 heavy (non-hydrogen) atoms. The van der Waals surface area contributed by atoms with Crippen LogP contribution in [-0.4, -0.2) is 23.9 Å². The van der Waals surface area contributed by atoms with Crippen molar-refractivity contribution in [1.29, 1.82) is 0 Å². The van der Waals surface area contributed by atoms with E-state index in [4.69, 9.17) is 0 Å². The molecule has 0 saturated heterocycles. The molecule has 80 valence electrons. The summed E-state index contributed by atoms with van der Waals surface area (Å²) in [6.07, 6.45) is 2.39. The van der Waals surface area contributed by atoms with E-state index in [1.54, 1.807) is 0 Å². The first kappa shape index (κ1) is 10.6. The van der Waals surface area contributed by atoms with E-state index in [9.17, 15) is 12.8 Å². The molecule has 1 aromatic carbocycles. The summed E-state index contributed by atoms with van der Waals surface area (Å²) in [5.74, 6) is -0.514.